The maximum absolute atomic E-state index is 12.6. The zero-order chi connectivity index (χ0) is 23.8. The fraction of sp³-hybridized carbons (Fsp3) is 0.154. The van der Waals surface area contributed by atoms with Crippen molar-refractivity contribution in [2.75, 3.05) is 11.9 Å². The minimum atomic E-state index is -0.519. The fourth-order valence-corrected chi connectivity index (χ4v) is 3.47. The first-order valence-electron chi connectivity index (χ1n) is 10.2. The van der Waals surface area contributed by atoms with Crippen LogP contribution < -0.4 is 14.8 Å². The summed E-state index contributed by atoms with van der Waals surface area (Å²) in [7, 11) is 0. The summed E-state index contributed by atoms with van der Waals surface area (Å²) in [4.78, 5) is 12.6. The molecule has 0 unspecified atom stereocenters. The van der Waals surface area contributed by atoms with E-state index in [1.807, 2.05) is 44.2 Å². The molecule has 0 aliphatic carbocycles. The van der Waals surface area contributed by atoms with Gasteiger partial charge in [-0.05, 0) is 95.6 Å². The van der Waals surface area contributed by atoms with E-state index < -0.39 is 5.91 Å². The average Bonchev–Trinajstić information content (AvgIpc) is 2.80. The van der Waals surface area contributed by atoms with Crippen molar-refractivity contribution in [2.45, 2.75) is 20.5 Å². The summed E-state index contributed by atoms with van der Waals surface area (Å²) in [5.41, 5.74) is 3.07. The summed E-state index contributed by atoms with van der Waals surface area (Å²) in [5, 5.41) is 12.8. The molecular weight excluding hydrogens is 551 g/mol. The van der Waals surface area contributed by atoms with Crippen LogP contribution in [0.1, 0.15) is 23.6 Å². The Hall–Kier alpha value is -3.02. The highest BCUT2D eigenvalue weighted by Crippen LogP contribution is 2.30. The van der Waals surface area contributed by atoms with Gasteiger partial charge in [0.05, 0.1) is 6.61 Å². The highest BCUT2D eigenvalue weighted by molar-refractivity contribution is 14.1. The van der Waals surface area contributed by atoms with E-state index in [0.717, 1.165) is 14.7 Å². The summed E-state index contributed by atoms with van der Waals surface area (Å²) in [6, 6.07) is 20.5. The van der Waals surface area contributed by atoms with Gasteiger partial charge in [-0.1, -0.05) is 35.9 Å². The van der Waals surface area contributed by atoms with Gasteiger partial charge in [-0.15, -0.1) is 0 Å². The van der Waals surface area contributed by atoms with Crippen LogP contribution in [0.3, 0.4) is 0 Å². The summed E-state index contributed by atoms with van der Waals surface area (Å²) in [6.45, 7) is 4.61. The van der Waals surface area contributed by atoms with E-state index in [1.165, 1.54) is 6.08 Å². The Balaban J connectivity index is 1.77. The minimum absolute atomic E-state index is 0.0401. The lowest BCUT2D eigenvalue weighted by molar-refractivity contribution is -0.112. The molecule has 0 heterocycles. The third-order valence-electron chi connectivity index (χ3n) is 4.68. The Bertz CT molecular complexity index is 1220. The Labute approximate surface area is 212 Å². The molecule has 168 valence electrons. The molecule has 3 aromatic carbocycles. The third-order valence-corrected chi connectivity index (χ3v) is 5.81. The second-order valence-corrected chi connectivity index (χ2v) is 8.80. The molecule has 33 heavy (non-hydrogen) atoms. The maximum Gasteiger partial charge on any atom is 0.266 e. The molecule has 0 atom stereocenters. The van der Waals surface area contributed by atoms with E-state index in [-0.39, 0.29) is 5.57 Å². The predicted octanol–water partition coefficient (Wildman–Crippen LogP) is 6.78. The topological polar surface area (TPSA) is 71.3 Å². The molecule has 0 spiro atoms. The zero-order valence-corrected chi connectivity index (χ0v) is 21.1. The molecule has 0 radical (unpaired) electrons. The van der Waals surface area contributed by atoms with Crippen LogP contribution in [0.25, 0.3) is 6.08 Å². The van der Waals surface area contributed by atoms with Crippen LogP contribution in [-0.4, -0.2) is 12.5 Å². The van der Waals surface area contributed by atoms with Crippen LogP contribution in [0.4, 0.5) is 5.69 Å². The number of hydrogen-bond acceptors (Lipinski definition) is 4. The fourth-order valence-electron chi connectivity index (χ4n) is 2.93. The minimum Gasteiger partial charge on any atom is -0.490 e. The monoisotopic (exact) mass is 572 g/mol. The van der Waals surface area contributed by atoms with Crippen LogP contribution in [0, 0.1) is 21.8 Å². The Morgan fingerprint density at radius 3 is 2.52 bits per heavy atom. The van der Waals surface area contributed by atoms with Crippen molar-refractivity contribution >= 4 is 51.9 Å². The molecule has 1 amide bonds. The highest BCUT2D eigenvalue weighted by Gasteiger charge is 2.12. The second kappa shape index (κ2) is 11.7. The molecule has 7 heteroatoms. The molecule has 0 saturated carbocycles. The average molecular weight is 573 g/mol. The molecule has 5 nitrogen and oxygen atoms in total. The number of ether oxygens (including phenoxy) is 2. The Kier molecular flexibility index (Phi) is 8.75. The molecule has 1 N–H and O–H groups in total. The number of amides is 1. The van der Waals surface area contributed by atoms with Gasteiger partial charge in [-0.2, -0.15) is 5.26 Å². The SMILES string of the molecule is CCOc1cc(/C=C(/C#N)C(=O)Nc2ccc(C)c(Cl)c2)ccc1OCc1ccc(I)cc1. The van der Waals surface area contributed by atoms with Gasteiger partial charge in [-0.3, -0.25) is 4.79 Å². The van der Waals surface area contributed by atoms with Gasteiger partial charge in [0.25, 0.3) is 5.91 Å². The predicted molar refractivity (Wildman–Crippen MR) is 140 cm³/mol. The van der Waals surface area contributed by atoms with Crippen LogP contribution in [0.5, 0.6) is 11.5 Å². The number of carbonyl (C=O) groups is 1. The molecule has 0 fully saturated rings. The first-order valence-corrected chi connectivity index (χ1v) is 11.7. The lowest BCUT2D eigenvalue weighted by Gasteiger charge is -2.13. The van der Waals surface area contributed by atoms with E-state index in [0.29, 0.717) is 41.0 Å². The van der Waals surface area contributed by atoms with Gasteiger partial charge in [0.1, 0.15) is 18.2 Å². The number of nitrogens with one attached hydrogen (secondary N) is 1. The van der Waals surface area contributed by atoms with Gasteiger partial charge < -0.3 is 14.8 Å². The standard InChI is InChI=1S/C26H22ClIN2O3/c1-3-32-25-13-19(7-11-24(25)33-16-18-5-8-21(28)9-6-18)12-20(15-29)26(31)30-22-10-4-17(2)23(27)14-22/h4-14H,3,16H2,1-2H3,(H,30,31)/b20-12-. The van der Waals surface area contributed by atoms with E-state index in [4.69, 9.17) is 21.1 Å². The number of rotatable bonds is 8. The van der Waals surface area contributed by atoms with Crippen LogP contribution in [0.2, 0.25) is 5.02 Å². The molecule has 0 saturated heterocycles. The zero-order valence-electron chi connectivity index (χ0n) is 18.2. The van der Waals surface area contributed by atoms with E-state index in [9.17, 15) is 10.1 Å². The third kappa shape index (κ3) is 6.98. The van der Waals surface area contributed by atoms with E-state index >= 15 is 0 Å². The van der Waals surface area contributed by atoms with Gasteiger partial charge in [0.15, 0.2) is 11.5 Å². The Morgan fingerprint density at radius 1 is 1.09 bits per heavy atom. The molecule has 0 bridgehead atoms. The summed E-state index contributed by atoms with van der Waals surface area (Å²) >= 11 is 8.38. The number of aryl methyl sites for hydroxylation is 1. The molecular formula is C26H22ClIN2O3. The van der Waals surface area contributed by atoms with Crippen molar-refractivity contribution in [1.82, 2.24) is 0 Å². The highest BCUT2D eigenvalue weighted by atomic mass is 127. The maximum atomic E-state index is 12.6. The summed E-state index contributed by atoms with van der Waals surface area (Å²) < 4.78 is 12.8. The first-order chi connectivity index (χ1) is 15.9. The Morgan fingerprint density at radius 2 is 1.85 bits per heavy atom. The van der Waals surface area contributed by atoms with Crippen molar-refractivity contribution < 1.29 is 14.3 Å². The van der Waals surface area contributed by atoms with Crippen molar-refractivity contribution in [3.63, 3.8) is 0 Å². The first kappa shape index (κ1) is 24.6. The molecule has 3 rings (SSSR count). The van der Waals surface area contributed by atoms with Crippen molar-refractivity contribution in [3.05, 3.63) is 91.5 Å². The lowest BCUT2D eigenvalue weighted by atomic mass is 10.1. The number of anilines is 1. The van der Waals surface area contributed by atoms with Gasteiger partial charge in [0, 0.05) is 14.3 Å². The van der Waals surface area contributed by atoms with Gasteiger partial charge >= 0.3 is 0 Å². The van der Waals surface area contributed by atoms with Crippen molar-refractivity contribution in [1.29, 1.82) is 5.26 Å². The van der Waals surface area contributed by atoms with Gasteiger partial charge in [0.2, 0.25) is 0 Å². The summed E-state index contributed by atoms with van der Waals surface area (Å²) in [6.07, 6.45) is 1.51. The summed E-state index contributed by atoms with van der Waals surface area (Å²) in [5.74, 6) is 0.610. The largest absolute Gasteiger partial charge is 0.490 e. The lowest BCUT2D eigenvalue weighted by Crippen LogP contribution is -2.13. The molecule has 3 aromatic rings. The van der Waals surface area contributed by atoms with E-state index in [1.54, 1.807) is 36.4 Å². The van der Waals surface area contributed by atoms with Gasteiger partial charge in [-0.25, -0.2) is 0 Å². The number of carbonyl (C=O) groups excluding carboxylic acids is 1. The van der Waals surface area contributed by atoms with Crippen LogP contribution in [-0.2, 0) is 11.4 Å². The number of nitrogens with zero attached hydrogens (tertiary/aromatic N) is 1. The molecule has 0 aliphatic rings. The second-order valence-electron chi connectivity index (χ2n) is 7.14. The van der Waals surface area contributed by atoms with Crippen molar-refractivity contribution in [2.24, 2.45) is 0 Å². The quantitative estimate of drug-likeness (QED) is 0.184. The number of halogens is 2. The normalized spacial score (nSPS) is 10.9. The number of benzene rings is 3. The number of nitriles is 1. The number of hydrogen-bond donors (Lipinski definition) is 1. The van der Waals surface area contributed by atoms with Crippen LogP contribution in [0.15, 0.2) is 66.2 Å². The molecule has 0 aliphatic heterocycles. The van der Waals surface area contributed by atoms with Crippen LogP contribution >= 0.6 is 34.2 Å². The smallest absolute Gasteiger partial charge is 0.266 e. The van der Waals surface area contributed by atoms with Crippen molar-refractivity contribution in [3.8, 4) is 17.6 Å². The van der Waals surface area contributed by atoms with E-state index in [2.05, 4.69) is 27.9 Å². The molecule has 0 aromatic heterocycles.